The molecule has 2 aromatic rings. The van der Waals surface area contributed by atoms with Crippen LogP contribution in [0.4, 0.5) is 20.2 Å². The first kappa shape index (κ1) is 18.7. The summed E-state index contributed by atoms with van der Waals surface area (Å²) in [6.45, 7) is 1.77. The summed E-state index contributed by atoms with van der Waals surface area (Å²) in [7, 11) is 0. The van der Waals surface area contributed by atoms with Crippen molar-refractivity contribution in [1.29, 1.82) is 5.26 Å². The van der Waals surface area contributed by atoms with E-state index >= 15 is 0 Å². The highest BCUT2D eigenvalue weighted by Crippen LogP contribution is 2.23. The van der Waals surface area contributed by atoms with Gasteiger partial charge in [-0.05, 0) is 30.2 Å². The first-order chi connectivity index (χ1) is 12.3. The fraction of sp³-hybridized carbons (Fsp3) is 0.111. The highest BCUT2D eigenvalue weighted by atomic mass is 19.1. The van der Waals surface area contributed by atoms with Crippen molar-refractivity contribution in [1.82, 2.24) is 0 Å². The number of rotatable bonds is 5. The van der Waals surface area contributed by atoms with E-state index in [1.54, 1.807) is 13.0 Å². The quantitative estimate of drug-likeness (QED) is 0.379. The lowest BCUT2D eigenvalue weighted by Gasteiger charge is -2.06. The van der Waals surface area contributed by atoms with Gasteiger partial charge in [0.1, 0.15) is 23.3 Å². The molecule has 0 aliphatic carbocycles. The Morgan fingerprint density at radius 3 is 2.62 bits per heavy atom. The van der Waals surface area contributed by atoms with Crippen molar-refractivity contribution in [3.05, 3.63) is 74.8 Å². The average molecular weight is 357 g/mol. The molecule has 0 spiro atoms. The zero-order valence-electron chi connectivity index (χ0n) is 13.6. The van der Waals surface area contributed by atoms with Crippen LogP contribution in [0, 0.1) is 33.1 Å². The fourth-order valence-electron chi connectivity index (χ4n) is 2.24. The molecule has 0 atom stereocenters. The van der Waals surface area contributed by atoms with E-state index in [9.17, 15) is 23.7 Å². The van der Waals surface area contributed by atoms with Gasteiger partial charge in [0.15, 0.2) is 0 Å². The minimum absolute atomic E-state index is 0.122. The molecule has 0 heterocycles. The summed E-state index contributed by atoms with van der Waals surface area (Å²) in [6.07, 6.45) is 1.61. The van der Waals surface area contributed by atoms with E-state index in [1.165, 1.54) is 18.2 Å². The minimum atomic E-state index is -0.987. The van der Waals surface area contributed by atoms with Gasteiger partial charge in [-0.2, -0.15) is 5.26 Å². The van der Waals surface area contributed by atoms with Crippen molar-refractivity contribution >= 4 is 23.4 Å². The van der Waals surface area contributed by atoms with Crippen molar-refractivity contribution in [2.45, 2.75) is 13.3 Å². The number of aryl methyl sites for hydroxylation is 1. The third-order valence-electron chi connectivity index (χ3n) is 3.54. The summed E-state index contributed by atoms with van der Waals surface area (Å²) >= 11 is 0. The number of nitro groups is 1. The standard InChI is InChI=1S/C18H13F2N3O3/c1-2-12-4-3-11(8-17(12)23(25)26)7-13(10-21)18(24)22-16-6-5-14(19)9-15(16)20/h3-9H,2H2,1H3,(H,22,24)/b13-7+. The Morgan fingerprint density at radius 2 is 2.04 bits per heavy atom. The van der Waals surface area contributed by atoms with E-state index in [-0.39, 0.29) is 22.5 Å². The van der Waals surface area contributed by atoms with Gasteiger partial charge in [-0.1, -0.05) is 19.1 Å². The van der Waals surface area contributed by atoms with Gasteiger partial charge in [0.25, 0.3) is 11.6 Å². The molecule has 132 valence electrons. The lowest BCUT2D eigenvalue weighted by atomic mass is 10.0. The van der Waals surface area contributed by atoms with Gasteiger partial charge in [-0.3, -0.25) is 14.9 Å². The second kappa shape index (κ2) is 7.98. The molecule has 0 radical (unpaired) electrons. The molecule has 2 aromatic carbocycles. The molecule has 1 N–H and O–H groups in total. The number of halogens is 2. The molecule has 1 amide bonds. The minimum Gasteiger partial charge on any atom is -0.319 e. The highest BCUT2D eigenvalue weighted by Gasteiger charge is 2.15. The van der Waals surface area contributed by atoms with Crippen molar-refractivity contribution in [2.75, 3.05) is 5.32 Å². The summed E-state index contributed by atoms with van der Waals surface area (Å²) in [4.78, 5) is 22.7. The van der Waals surface area contributed by atoms with Gasteiger partial charge in [-0.15, -0.1) is 0 Å². The van der Waals surface area contributed by atoms with Gasteiger partial charge in [0.2, 0.25) is 0 Å². The SMILES string of the molecule is CCc1ccc(/C=C(\C#N)C(=O)Nc2ccc(F)cc2F)cc1[N+](=O)[O-]. The second-order valence-corrected chi connectivity index (χ2v) is 5.25. The molecule has 0 aliphatic heterocycles. The Hall–Kier alpha value is -3.60. The third kappa shape index (κ3) is 4.27. The second-order valence-electron chi connectivity index (χ2n) is 5.25. The number of nitro benzene ring substituents is 1. The maximum Gasteiger partial charge on any atom is 0.273 e. The molecular weight excluding hydrogens is 344 g/mol. The topological polar surface area (TPSA) is 96.0 Å². The predicted octanol–water partition coefficient (Wildman–Crippen LogP) is 3.98. The Morgan fingerprint density at radius 1 is 1.31 bits per heavy atom. The number of anilines is 1. The van der Waals surface area contributed by atoms with Gasteiger partial charge in [0, 0.05) is 17.7 Å². The molecular formula is C18H13F2N3O3. The van der Waals surface area contributed by atoms with Crippen LogP contribution in [0.2, 0.25) is 0 Å². The van der Waals surface area contributed by atoms with Crippen LogP contribution in [0.5, 0.6) is 0 Å². The van der Waals surface area contributed by atoms with Crippen LogP contribution in [0.3, 0.4) is 0 Å². The molecule has 0 aliphatic rings. The number of hydrogen-bond donors (Lipinski definition) is 1. The van der Waals surface area contributed by atoms with E-state index in [1.807, 2.05) is 0 Å². The van der Waals surface area contributed by atoms with E-state index in [2.05, 4.69) is 5.32 Å². The van der Waals surface area contributed by atoms with Crippen molar-refractivity contribution in [3.8, 4) is 6.07 Å². The van der Waals surface area contributed by atoms with Gasteiger partial charge < -0.3 is 5.32 Å². The summed E-state index contributed by atoms with van der Waals surface area (Å²) < 4.78 is 26.5. The Balaban J connectivity index is 2.32. The summed E-state index contributed by atoms with van der Waals surface area (Å²) in [5.41, 5.74) is 0.00401. The molecule has 0 unspecified atom stereocenters. The van der Waals surface area contributed by atoms with Crippen molar-refractivity contribution in [2.24, 2.45) is 0 Å². The molecule has 2 rings (SSSR count). The third-order valence-corrected chi connectivity index (χ3v) is 3.54. The van der Waals surface area contributed by atoms with Crippen LogP contribution >= 0.6 is 0 Å². The van der Waals surface area contributed by atoms with Crippen LogP contribution in [0.15, 0.2) is 42.0 Å². The van der Waals surface area contributed by atoms with E-state index in [0.29, 0.717) is 18.1 Å². The maximum absolute atomic E-state index is 13.6. The Labute approximate surface area is 147 Å². The number of nitrogens with one attached hydrogen (secondary N) is 1. The van der Waals surface area contributed by atoms with Crippen LogP contribution in [-0.4, -0.2) is 10.8 Å². The summed E-state index contributed by atoms with van der Waals surface area (Å²) in [5, 5.41) is 22.4. The smallest absolute Gasteiger partial charge is 0.273 e. The van der Waals surface area contributed by atoms with Crippen LogP contribution in [-0.2, 0) is 11.2 Å². The molecule has 6 nitrogen and oxygen atoms in total. The van der Waals surface area contributed by atoms with Crippen LogP contribution < -0.4 is 5.32 Å². The predicted molar refractivity (Wildman–Crippen MR) is 91.1 cm³/mol. The van der Waals surface area contributed by atoms with Crippen LogP contribution in [0.25, 0.3) is 6.08 Å². The van der Waals surface area contributed by atoms with E-state index in [4.69, 9.17) is 5.26 Å². The number of nitrogens with zero attached hydrogens (tertiary/aromatic N) is 2. The number of amides is 1. The Bertz CT molecular complexity index is 949. The number of carbonyl (C=O) groups is 1. The first-order valence-electron chi connectivity index (χ1n) is 7.51. The van der Waals surface area contributed by atoms with Gasteiger partial charge >= 0.3 is 0 Å². The molecule has 0 saturated carbocycles. The molecule has 0 bridgehead atoms. The van der Waals surface area contributed by atoms with Crippen molar-refractivity contribution < 1.29 is 18.5 Å². The lowest BCUT2D eigenvalue weighted by Crippen LogP contribution is -2.14. The Kier molecular flexibility index (Phi) is 5.75. The normalized spacial score (nSPS) is 10.9. The van der Waals surface area contributed by atoms with E-state index < -0.39 is 22.5 Å². The molecule has 0 saturated heterocycles. The number of benzene rings is 2. The fourth-order valence-corrected chi connectivity index (χ4v) is 2.24. The van der Waals surface area contributed by atoms with Gasteiger partial charge in [0.05, 0.1) is 10.6 Å². The highest BCUT2D eigenvalue weighted by molar-refractivity contribution is 6.09. The average Bonchev–Trinajstić information content (AvgIpc) is 2.61. The number of nitriles is 1. The van der Waals surface area contributed by atoms with E-state index in [0.717, 1.165) is 18.2 Å². The van der Waals surface area contributed by atoms with Crippen LogP contribution in [0.1, 0.15) is 18.1 Å². The first-order valence-corrected chi connectivity index (χ1v) is 7.51. The van der Waals surface area contributed by atoms with Gasteiger partial charge in [-0.25, -0.2) is 8.78 Å². The molecule has 8 heteroatoms. The molecule has 0 aromatic heterocycles. The summed E-state index contributed by atoms with van der Waals surface area (Å²) in [6, 6.07) is 8.57. The van der Waals surface area contributed by atoms with Crippen molar-refractivity contribution in [3.63, 3.8) is 0 Å². The lowest BCUT2D eigenvalue weighted by molar-refractivity contribution is -0.385. The zero-order chi connectivity index (χ0) is 19.3. The molecule has 26 heavy (non-hydrogen) atoms. The maximum atomic E-state index is 13.6. The molecule has 0 fully saturated rings. The number of hydrogen-bond acceptors (Lipinski definition) is 4. The largest absolute Gasteiger partial charge is 0.319 e. The number of carbonyl (C=O) groups excluding carboxylic acids is 1. The summed E-state index contributed by atoms with van der Waals surface area (Å²) in [5.74, 6) is -2.71. The zero-order valence-corrected chi connectivity index (χ0v) is 13.6. The monoisotopic (exact) mass is 357 g/mol.